The molecule has 0 unspecified atom stereocenters. The number of carbonyl (C=O) groups is 1. The van der Waals surface area contributed by atoms with Crippen LogP contribution in [0.25, 0.3) is 16.7 Å². The van der Waals surface area contributed by atoms with Crippen LogP contribution in [0.3, 0.4) is 0 Å². The molecule has 3 heterocycles. The molecule has 2 aliphatic rings. The van der Waals surface area contributed by atoms with E-state index in [4.69, 9.17) is 21.6 Å². The van der Waals surface area contributed by atoms with Gasteiger partial charge in [0, 0.05) is 42.7 Å². The van der Waals surface area contributed by atoms with Gasteiger partial charge in [-0.1, -0.05) is 23.7 Å². The van der Waals surface area contributed by atoms with Crippen LogP contribution in [0.2, 0.25) is 5.02 Å². The molecule has 6 rings (SSSR count). The lowest BCUT2D eigenvalue weighted by molar-refractivity contribution is 0.0746. The second-order valence-corrected chi connectivity index (χ2v) is 9.18. The summed E-state index contributed by atoms with van der Waals surface area (Å²) in [5.41, 5.74) is 1.98. The Bertz CT molecular complexity index is 1390. The number of rotatable bonds is 4. The average Bonchev–Trinajstić information content (AvgIpc) is 3.62. The minimum absolute atomic E-state index is 0.153. The van der Waals surface area contributed by atoms with Crippen molar-refractivity contribution >= 4 is 34.4 Å². The summed E-state index contributed by atoms with van der Waals surface area (Å²) in [7, 11) is 0. The van der Waals surface area contributed by atoms with Gasteiger partial charge in [0.05, 0.1) is 17.3 Å². The monoisotopic (exact) mass is 476 g/mol. The van der Waals surface area contributed by atoms with Gasteiger partial charge in [-0.2, -0.15) is 5.10 Å². The third kappa shape index (κ3) is 3.88. The van der Waals surface area contributed by atoms with Crippen molar-refractivity contribution < 1.29 is 9.18 Å². The molecule has 1 saturated carbocycles. The molecule has 2 aromatic heterocycles. The number of hydrogen-bond acceptors (Lipinski definition) is 5. The van der Waals surface area contributed by atoms with Crippen molar-refractivity contribution in [3.05, 3.63) is 77.0 Å². The Morgan fingerprint density at radius 1 is 1.00 bits per heavy atom. The average molecular weight is 477 g/mol. The molecular formula is C25H22ClFN6O. The lowest BCUT2D eigenvalue weighted by Gasteiger charge is -2.35. The number of anilines is 1. The molecule has 1 amide bonds. The number of carbonyl (C=O) groups excluding carboxylic acids is 1. The number of hydrogen-bond donors (Lipinski definition) is 0. The first-order valence-corrected chi connectivity index (χ1v) is 11.8. The first kappa shape index (κ1) is 21.0. The Hall–Kier alpha value is -3.52. The molecule has 0 bridgehead atoms. The molecule has 0 radical (unpaired) electrons. The van der Waals surface area contributed by atoms with Gasteiger partial charge in [0.15, 0.2) is 5.65 Å². The van der Waals surface area contributed by atoms with Crippen molar-refractivity contribution in [3.8, 4) is 5.69 Å². The number of amides is 1. The fourth-order valence-electron chi connectivity index (χ4n) is 4.40. The molecule has 0 atom stereocenters. The van der Waals surface area contributed by atoms with Gasteiger partial charge < -0.3 is 9.80 Å². The molecule has 1 aliphatic heterocycles. The smallest absolute Gasteiger partial charge is 0.254 e. The van der Waals surface area contributed by atoms with Crippen molar-refractivity contribution in [1.29, 1.82) is 0 Å². The first-order chi connectivity index (χ1) is 16.6. The van der Waals surface area contributed by atoms with Gasteiger partial charge in [-0.25, -0.2) is 19.0 Å². The van der Waals surface area contributed by atoms with Crippen LogP contribution in [-0.4, -0.2) is 56.7 Å². The van der Waals surface area contributed by atoms with Crippen molar-refractivity contribution in [2.45, 2.75) is 18.8 Å². The van der Waals surface area contributed by atoms with Gasteiger partial charge in [-0.3, -0.25) is 4.79 Å². The zero-order valence-corrected chi connectivity index (χ0v) is 19.1. The van der Waals surface area contributed by atoms with Gasteiger partial charge in [-0.05, 0) is 49.2 Å². The molecule has 34 heavy (non-hydrogen) atoms. The van der Waals surface area contributed by atoms with Crippen LogP contribution in [0.1, 0.15) is 34.9 Å². The van der Waals surface area contributed by atoms with Crippen LogP contribution in [0.15, 0.2) is 54.7 Å². The SMILES string of the molecule is O=C(c1cccc(F)c1)N1CCN(c2nc(C3CC3)nc3c2cnn3-c2cccc(Cl)c2)CC1. The van der Waals surface area contributed by atoms with E-state index in [9.17, 15) is 9.18 Å². The van der Waals surface area contributed by atoms with Crippen LogP contribution in [0, 0.1) is 5.82 Å². The largest absolute Gasteiger partial charge is 0.352 e. The predicted octanol–water partition coefficient (Wildman–Crippen LogP) is 4.45. The number of fused-ring (bicyclic) bond motifs is 1. The topological polar surface area (TPSA) is 67.2 Å². The molecule has 0 N–H and O–H groups in total. The maximum Gasteiger partial charge on any atom is 0.254 e. The summed E-state index contributed by atoms with van der Waals surface area (Å²) >= 11 is 6.21. The Kier molecular flexibility index (Phi) is 5.17. The maximum absolute atomic E-state index is 13.6. The minimum atomic E-state index is -0.405. The normalized spacial score (nSPS) is 16.3. The lowest BCUT2D eigenvalue weighted by Crippen LogP contribution is -2.49. The highest BCUT2D eigenvalue weighted by Gasteiger charge is 2.31. The molecule has 2 fully saturated rings. The summed E-state index contributed by atoms with van der Waals surface area (Å²) < 4.78 is 15.4. The van der Waals surface area contributed by atoms with Crippen LogP contribution >= 0.6 is 11.6 Å². The Morgan fingerprint density at radius 3 is 2.53 bits per heavy atom. The Labute approximate surface area is 200 Å². The zero-order valence-electron chi connectivity index (χ0n) is 18.4. The highest BCUT2D eigenvalue weighted by molar-refractivity contribution is 6.30. The molecule has 2 aromatic carbocycles. The number of nitrogens with zero attached hydrogens (tertiary/aromatic N) is 6. The van der Waals surface area contributed by atoms with Gasteiger partial charge in [0.25, 0.3) is 5.91 Å². The summed E-state index contributed by atoms with van der Waals surface area (Å²) in [5.74, 6) is 1.50. The Balaban J connectivity index is 1.30. The fourth-order valence-corrected chi connectivity index (χ4v) is 4.58. The summed E-state index contributed by atoms with van der Waals surface area (Å²) in [4.78, 5) is 26.6. The van der Waals surface area contributed by atoms with Crippen LogP contribution in [-0.2, 0) is 0 Å². The summed E-state index contributed by atoms with van der Waals surface area (Å²) in [6.07, 6.45) is 3.98. The number of aromatic nitrogens is 4. The van der Waals surface area contributed by atoms with E-state index in [0.717, 1.165) is 41.2 Å². The standard InChI is InChI=1S/C25H22ClFN6O/c26-18-4-2-6-20(14-18)33-24-21(15-28-33)23(29-22(30-24)16-7-8-16)31-9-11-32(12-10-31)25(34)17-3-1-5-19(27)13-17/h1-6,13-16H,7-12H2. The van der Waals surface area contributed by atoms with E-state index >= 15 is 0 Å². The lowest BCUT2D eigenvalue weighted by atomic mass is 10.1. The molecule has 7 nitrogen and oxygen atoms in total. The van der Waals surface area contributed by atoms with Gasteiger partial charge >= 0.3 is 0 Å². The highest BCUT2D eigenvalue weighted by Crippen LogP contribution is 2.40. The number of piperazine rings is 1. The van der Waals surface area contributed by atoms with Crippen molar-refractivity contribution in [2.75, 3.05) is 31.1 Å². The van der Waals surface area contributed by atoms with Gasteiger partial charge in [-0.15, -0.1) is 0 Å². The van der Waals surface area contributed by atoms with Crippen LogP contribution < -0.4 is 4.90 Å². The second kappa shape index (κ2) is 8.36. The van der Waals surface area contributed by atoms with Gasteiger partial charge in [0.2, 0.25) is 0 Å². The molecular weight excluding hydrogens is 455 g/mol. The number of halogens is 2. The van der Waals surface area contributed by atoms with Crippen LogP contribution in [0.5, 0.6) is 0 Å². The van der Waals surface area contributed by atoms with E-state index < -0.39 is 5.82 Å². The molecule has 9 heteroatoms. The molecule has 1 saturated heterocycles. The fraction of sp³-hybridized carbons (Fsp3) is 0.280. The summed E-state index contributed by atoms with van der Waals surface area (Å²) in [6.45, 7) is 2.31. The van der Waals surface area contributed by atoms with E-state index in [1.165, 1.54) is 12.1 Å². The van der Waals surface area contributed by atoms with Crippen molar-refractivity contribution in [1.82, 2.24) is 24.6 Å². The first-order valence-electron chi connectivity index (χ1n) is 11.4. The van der Waals surface area contributed by atoms with Crippen molar-refractivity contribution in [3.63, 3.8) is 0 Å². The quantitative estimate of drug-likeness (QED) is 0.435. The minimum Gasteiger partial charge on any atom is -0.352 e. The van der Waals surface area contributed by atoms with E-state index in [1.54, 1.807) is 23.2 Å². The summed E-state index contributed by atoms with van der Waals surface area (Å²) in [6, 6.07) is 13.4. The molecule has 0 spiro atoms. The van der Waals surface area contributed by atoms with E-state index in [-0.39, 0.29) is 5.91 Å². The second-order valence-electron chi connectivity index (χ2n) is 8.74. The van der Waals surface area contributed by atoms with Crippen molar-refractivity contribution in [2.24, 2.45) is 0 Å². The molecule has 172 valence electrons. The van der Waals surface area contributed by atoms with E-state index in [1.807, 2.05) is 28.9 Å². The van der Waals surface area contributed by atoms with E-state index in [0.29, 0.717) is 42.7 Å². The summed E-state index contributed by atoms with van der Waals surface area (Å²) in [5, 5.41) is 6.11. The van der Waals surface area contributed by atoms with E-state index in [2.05, 4.69) is 10.00 Å². The zero-order chi connectivity index (χ0) is 23.2. The third-order valence-corrected chi connectivity index (χ3v) is 6.59. The maximum atomic E-state index is 13.6. The molecule has 4 aromatic rings. The Morgan fingerprint density at radius 2 is 1.79 bits per heavy atom. The predicted molar refractivity (Wildman–Crippen MR) is 128 cm³/mol. The highest BCUT2D eigenvalue weighted by atomic mass is 35.5. The third-order valence-electron chi connectivity index (χ3n) is 6.36. The van der Waals surface area contributed by atoms with Crippen LogP contribution in [0.4, 0.5) is 10.2 Å². The van der Waals surface area contributed by atoms with Gasteiger partial charge in [0.1, 0.15) is 17.5 Å². The number of benzene rings is 2. The molecule has 1 aliphatic carbocycles.